The second-order valence-electron chi connectivity index (χ2n) is 4.00. The molecular weight excluding hydrogens is 184 g/mol. The molecular formula is C13H16N2. The third-order valence-corrected chi connectivity index (χ3v) is 2.83. The molecule has 0 atom stereocenters. The molecule has 0 saturated heterocycles. The number of nitrogens with one attached hydrogen (secondary N) is 1. The molecule has 2 nitrogen and oxygen atoms in total. The van der Waals surface area contributed by atoms with Gasteiger partial charge in [-0.05, 0) is 43.5 Å². The topological polar surface area (TPSA) is 24.9 Å². The van der Waals surface area contributed by atoms with E-state index in [2.05, 4.69) is 49.3 Å². The summed E-state index contributed by atoms with van der Waals surface area (Å²) in [7, 11) is 1.91. The molecule has 0 spiro atoms. The predicted molar refractivity (Wildman–Crippen MR) is 65.5 cm³/mol. The molecule has 0 aliphatic heterocycles. The van der Waals surface area contributed by atoms with Crippen LogP contribution in [0.2, 0.25) is 0 Å². The number of aromatic nitrogens is 1. The van der Waals surface area contributed by atoms with Crippen LogP contribution in [0.1, 0.15) is 16.7 Å². The van der Waals surface area contributed by atoms with E-state index in [-0.39, 0.29) is 0 Å². The maximum Gasteiger partial charge on any atom is 0.129 e. The van der Waals surface area contributed by atoms with Crippen molar-refractivity contribution in [2.24, 2.45) is 0 Å². The smallest absolute Gasteiger partial charge is 0.129 e. The van der Waals surface area contributed by atoms with Crippen LogP contribution in [0.15, 0.2) is 18.2 Å². The van der Waals surface area contributed by atoms with Crippen LogP contribution >= 0.6 is 0 Å². The number of aryl methyl sites for hydroxylation is 3. The fourth-order valence-corrected chi connectivity index (χ4v) is 1.89. The summed E-state index contributed by atoms with van der Waals surface area (Å²) in [4.78, 5) is 4.64. The van der Waals surface area contributed by atoms with E-state index in [4.69, 9.17) is 0 Å². The Labute approximate surface area is 90.3 Å². The Hall–Kier alpha value is -1.57. The second-order valence-corrected chi connectivity index (χ2v) is 4.00. The highest BCUT2D eigenvalue weighted by molar-refractivity contribution is 5.87. The maximum absolute atomic E-state index is 4.64. The minimum Gasteiger partial charge on any atom is -0.373 e. The zero-order valence-corrected chi connectivity index (χ0v) is 9.68. The molecule has 0 aliphatic carbocycles. The average molecular weight is 200 g/mol. The lowest BCUT2D eigenvalue weighted by atomic mass is 10.0. The molecule has 2 rings (SSSR count). The van der Waals surface area contributed by atoms with Crippen LogP contribution < -0.4 is 5.32 Å². The molecule has 1 aromatic heterocycles. The Morgan fingerprint density at radius 3 is 2.33 bits per heavy atom. The molecule has 0 saturated carbocycles. The van der Waals surface area contributed by atoms with Gasteiger partial charge in [-0.2, -0.15) is 0 Å². The van der Waals surface area contributed by atoms with Crippen LogP contribution in [-0.4, -0.2) is 12.0 Å². The molecule has 78 valence electrons. The first-order chi connectivity index (χ1) is 7.13. The molecule has 0 aliphatic rings. The number of benzene rings is 1. The summed E-state index contributed by atoms with van der Waals surface area (Å²) in [5.41, 5.74) is 4.81. The Morgan fingerprint density at radius 1 is 1.00 bits per heavy atom. The van der Waals surface area contributed by atoms with Gasteiger partial charge in [-0.1, -0.05) is 12.1 Å². The summed E-state index contributed by atoms with van der Waals surface area (Å²) in [6.07, 6.45) is 0. The van der Waals surface area contributed by atoms with E-state index >= 15 is 0 Å². The Kier molecular flexibility index (Phi) is 2.35. The first kappa shape index (κ1) is 9.97. The molecule has 0 unspecified atom stereocenters. The van der Waals surface area contributed by atoms with Gasteiger partial charge in [-0.25, -0.2) is 4.98 Å². The Bertz CT molecular complexity index is 515. The van der Waals surface area contributed by atoms with Crippen LogP contribution in [0, 0.1) is 20.8 Å². The number of hydrogen-bond acceptors (Lipinski definition) is 2. The largest absolute Gasteiger partial charge is 0.373 e. The summed E-state index contributed by atoms with van der Waals surface area (Å²) in [5.74, 6) is 0.969. The maximum atomic E-state index is 4.64. The standard InChI is InChI=1S/C13H16N2/c1-8-5-6-9(2)12-11(8)7-10(3)13(14-4)15-12/h5-7H,1-4H3,(H,14,15). The summed E-state index contributed by atoms with van der Waals surface area (Å²) >= 11 is 0. The van der Waals surface area contributed by atoms with Gasteiger partial charge in [0.05, 0.1) is 5.52 Å². The highest BCUT2D eigenvalue weighted by Crippen LogP contribution is 2.24. The first-order valence-corrected chi connectivity index (χ1v) is 5.19. The fraction of sp³-hybridized carbons (Fsp3) is 0.308. The molecule has 0 radical (unpaired) electrons. The number of hydrogen-bond donors (Lipinski definition) is 1. The van der Waals surface area contributed by atoms with E-state index < -0.39 is 0 Å². The van der Waals surface area contributed by atoms with E-state index in [1.54, 1.807) is 0 Å². The van der Waals surface area contributed by atoms with Gasteiger partial charge in [-0.15, -0.1) is 0 Å². The van der Waals surface area contributed by atoms with Crippen molar-refractivity contribution in [1.82, 2.24) is 4.98 Å². The minimum atomic E-state index is 0.969. The Morgan fingerprint density at radius 2 is 1.67 bits per heavy atom. The SMILES string of the molecule is CNc1nc2c(C)ccc(C)c2cc1C. The number of pyridine rings is 1. The molecule has 2 aromatic rings. The second kappa shape index (κ2) is 3.54. The molecule has 0 bridgehead atoms. The van der Waals surface area contributed by atoms with E-state index in [1.807, 2.05) is 7.05 Å². The van der Waals surface area contributed by atoms with Crippen LogP contribution in [-0.2, 0) is 0 Å². The third kappa shape index (κ3) is 1.56. The summed E-state index contributed by atoms with van der Waals surface area (Å²) in [6.45, 7) is 6.31. The first-order valence-electron chi connectivity index (χ1n) is 5.19. The van der Waals surface area contributed by atoms with Crippen molar-refractivity contribution in [3.8, 4) is 0 Å². The quantitative estimate of drug-likeness (QED) is 0.764. The highest BCUT2D eigenvalue weighted by Gasteiger charge is 2.05. The van der Waals surface area contributed by atoms with E-state index in [0.29, 0.717) is 0 Å². The number of rotatable bonds is 1. The Balaban J connectivity index is 2.86. The van der Waals surface area contributed by atoms with Gasteiger partial charge in [0.1, 0.15) is 5.82 Å². The number of anilines is 1. The molecule has 1 aromatic carbocycles. The number of nitrogens with zero attached hydrogens (tertiary/aromatic N) is 1. The normalized spacial score (nSPS) is 10.7. The van der Waals surface area contributed by atoms with Crippen molar-refractivity contribution in [3.05, 3.63) is 34.9 Å². The predicted octanol–water partition coefficient (Wildman–Crippen LogP) is 3.20. The van der Waals surface area contributed by atoms with Crippen molar-refractivity contribution in [3.63, 3.8) is 0 Å². The van der Waals surface area contributed by atoms with Crippen LogP contribution in [0.3, 0.4) is 0 Å². The van der Waals surface area contributed by atoms with Gasteiger partial charge in [0.25, 0.3) is 0 Å². The fourth-order valence-electron chi connectivity index (χ4n) is 1.89. The highest BCUT2D eigenvalue weighted by atomic mass is 15.0. The molecule has 15 heavy (non-hydrogen) atoms. The summed E-state index contributed by atoms with van der Waals surface area (Å²) in [5, 5.41) is 4.38. The third-order valence-electron chi connectivity index (χ3n) is 2.83. The van der Waals surface area contributed by atoms with Crippen molar-refractivity contribution in [1.29, 1.82) is 0 Å². The lowest BCUT2D eigenvalue weighted by Gasteiger charge is -2.10. The lowest BCUT2D eigenvalue weighted by Crippen LogP contribution is -1.97. The van der Waals surface area contributed by atoms with Gasteiger partial charge in [-0.3, -0.25) is 0 Å². The van der Waals surface area contributed by atoms with E-state index in [0.717, 1.165) is 11.3 Å². The van der Waals surface area contributed by atoms with Crippen molar-refractivity contribution >= 4 is 16.7 Å². The summed E-state index contributed by atoms with van der Waals surface area (Å²) in [6, 6.07) is 6.48. The average Bonchev–Trinajstić information content (AvgIpc) is 2.23. The van der Waals surface area contributed by atoms with Crippen LogP contribution in [0.25, 0.3) is 10.9 Å². The van der Waals surface area contributed by atoms with E-state index in [1.165, 1.54) is 22.1 Å². The zero-order valence-electron chi connectivity index (χ0n) is 9.68. The van der Waals surface area contributed by atoms with Gasteiger partial charge in [0.15, 0.2) is 0 Å². The molecule has 2 heteroatoms. The van der Waals surface area contributed by atoms with Crippen LogP contribution in [0.5, 0.6) is 0 Å². The minimum absolute atomic E-state index is 0.969. The monoisotopic (exact) mass is 200 g/mol. The lowest BCUT2D eigenvalue weighted by molar-refractivity contribution is 1.26. The van der Waals surface area contributed by atoms with Gasteiger partial charge >= 0.3 is 0 Å². The molecule has 0 amide bonds. The van der Waals surface area contributed by atoms with Gasteiger partial charge in [0, 0.05) is 12.4 Å². The molecule has 1 N–H and O–H groups in total. The van der Waals surface area contributed by atoms with Crippen molar-refractivity contribution in [2.75, 3.05) is 12.4 Å². The van der Waals surface area contributed by atoms with Crippen LogP contribution in [0.4, 0.5) is 5.82 Å². The molecule has 1 heterocycles. The van der Waals surface area contributed by atoms with Crippen molar-refractivity contribution < 1.29 is 0 Å². The zero-order chi connectivity index (χ0) is 11.0. The van der Waals surface area contributed by atoms with Crippen molar-refractivity contribution in [2.45, 2.75) is 20.8 Å². The number of fused-ring (bicyclic) bond motifs is 1. The van der Waals surface area contributed by atoms with E-state index in [9.17, 15) is 0 Å². The van der Waals surface area contributed by atoms with Gasteiger partial charge in [0.2, 0.25) is 0 Å². The molecule has 0 fully saturated rings. The summed E-state index contributed by atoms with van der Waals surface area (Å²) < 4.78 is 0. The van der Waals surface area contributed by atoms with Gasteiger partial charge < -0.3 is 5.32 Å².